The molecule has 0 fully saturated rings. The molecule has 0 amide bonds. The predicted octanol–water partition coefficient (Wildman–Crippen LogP) is 4.93. The molecule has 2 aromatic rings. The van der Waals surface area contributed by atoms with Gasteiger partial charge >= 0.3 is 0 Å². The molecule has 0 radical (unpaired) electrons. The van der Waals surface area contributed by atoms with E-state index in [0.29, 0.717) is 25.0 Å². The van der Waals surface area contributed by atoms with Crippen LogP contribution >= 0.6 is 11.3 Å². The van der Waals surface area contributed by atoms with Crippen LogP contribution in [0.4, 0.5) is 0 Å². The number of aryl methyl sites for hydroxylation is 2. The molecule has 0 saturated heterocycles. The molecule has 2 rings (SSSR count). The number of hydrogen-bond donors (Lipinski definition) is 0. The molecule has 0 aliphatic rings. The second-order valence-electron chi connectivity index (χ2n) is 6.13. The summed E-state index contributed by atoms with van der Waals surface area (Å²) in [6, 6.07) is 4.03. The molecule has 7 heteroatoms. The Morgan fingerprint density at radius 2 is 1.79 bits per heavy atom. The van der Waals surface area contributed by atoms with Gasteiger partial charge in [0.25, 0.3) is 5.19 Å². The molecule has 28 heavy (non-hydrogen) atoms. The second kappa shape index (κ2) is 12.0. The van der Waals surface area contributed by atoms with Crippen molar-refractivity contribution in [2.24, 2.45) is 5.16 Å². The molecule has 0 bridgehead atoms. The Hall–Kier alpha value is -2.54. The number of rotatable bonds is 12. The van der Waals surface area contributed by atoms with E-state index in [2.05, 4.69) is 15.0 Å². The lowest BCUT2D eigenvalue weighted by molar-refractivity contribution is 0.215. The van der Waals surface area contributed by atoms with Gasteiger partial charge in [-0.1, -0.05) is 28.6 Å². The highest BCUT2D eigenvalue weighted by Gasteiger charge is 2.07. The molecule has 6 nitrogen and oxygen atoms in total. The van der Waals surface area contributed by atoms with Crippen LogP contribution in [0.25, 0.3) is 0 Å². The topological polar surface area (TPSA) is 62.2 Å². The molecule has 1 heterocycles. The van der Waals surface area contributed by atoms with E-state index >= 15 is 0 Å². The molecule has 0 unspecified atom stereocenters. The van der Waals surface area contributed by atoms with Crippen molar-refractivity contribution >= 4 is 17.6 Å². The summed E-state index contributed by atoms with van der Waals surface area (Å²) in [5.74, 6) is 1.80. The summed E-state index contributed by atoms with van der Waals surface area (Å²) in [5.41, 5.74) is 2.90. The Morgan fingerprint density at radius 1 is 1.07 bits per heavy atom. The minimum Gasteiger partial charge on any atom is -0.493 e. The molecule has 1 aromatic heterocycles. The third-order valence-electron chi connectivity index (χ3n) is 3.82. The quantitative estimate of drug-likeness (QED) is 0.217. The lowest BCUT2D eigenvalue weighted by atomic mass is 10.1. The van der Waals surface area contributed by atoms with Gasteiger partial charge in [-0.15, -0.1) is 0 Å². The monoisotopic (exact) mass is 404 g/mol. The lowest BCUT2D eigenvalue weighted by Gasteiger charge is -2.14. The number of thiazole rings is 1. The van der Waals surface area contributed by atoms with E-state index in [1.165, 1.54) is 18.4 Å². The van der Waals surface area contributed by atoms with Crippen molar-refractivity contribution in [3.63, 3.8) is 0 Å². The van der Waals surface area contributed by atoms with Gasteiger partial charge in [0.2, 0.25) is 0 Å². The van der Waals surface area contributed by atoms with E-state index < -0.39 is 0 Å². The van der Waals surface area contributed by atoms with Crippen molar-refractivity contribution in [1.29, 1.82) is 0 Å². The number of allylic oxidation sites excluding steroid dienone is 1. The third kappa shape index (κ3) is 7.23. The SMILES string of the molecule is C/C=C/COc1cc(C)c(OCCCCOc2nc(/C=N/OC)cs2)c(C)c1. The first kappa shape index (κ1) is 21.8. The fourth-order valence-corrected chi connectivity index (χ4v) is 3.15. The molecule has 0 spiro atoms. The maximum absolute atomic E-state index is 5.98. The highest BCUT2D eigenvalue weighted by atomic mass is 32.1. The Labute approximate surface area is 170 Å². The van der Waals surface area contributed by atoms with Crippen molar-refractivity contribution in [1.82, 2.24) is 4.98 Å². The van der Waals surface area contributed by atoms with Crippen LogP contribution in [0, 0.1) is 13.8 Å². The van der Waals surface area contributed by atoms with Gasteiger partial charge in [-0.3, -0.25) is 0 Å². The van der Waals surface area contributed by atoms with E-state index in [0.717, 1.165) is 41.2 Å². The minimum atomic E-state index is 0.579. The Kier molecular flexibility index (Phi) is 9.34. The number of nitrogens with zero attached hydrogens (tertiary/aromatic N) is 2. The summed E-state index contributed by atoms with van der Waals surface area (Å²) in [6.45, 7) is 7.89. The van der Waals surface area contributed by atoms with Gasteiger partial charge in [0, 0.05) is 5.38 Å². The average molecular weight is 405 g/mol. The summed E-state index contributed by atoms with van der Waals surface area (Å²) in [4.78, 5) is 8.92. The molecule has 1 aromatic carbocycles. The maximum atomic E-state index is 5.98. The van der Waals surface area contributed by atoms with Crippen LogP contribution < -0.4 is 14.2 Å². The molecular formula is C21H28N2O4S. The fourth-order valence-electron chi connectivity index (χ4n) is 2.50. The largest absolute Gasteiger partial charge is 0.493 e. The zero-order chi connectivity index (χ0) is 20.2. The van der Waals surface area contributed by atoms with Crippen LogP contribution in [-0.4, -0.2) is 38.1 Å². The summed E-state index contributed by atoms with van der Waals surface area (Å²) in [6.07, 6.45) is 7.31. The van der Waals surface area contributed by atoms with Crippen molar-refractivity contribution < 1.29 is 19.0 Å². The standard InChI is InChI=1S/C21H28N2O4S/c1-5-6-9-25-19-12-16(2)20(17(3)13-19)26-10-7-8-11-27-21-23-18(15-28-21)14-22-24-4/h5-6,12-15H,7-11H2,1-4H3/b6-5+,22-14+. The van der Waals surface area contributed by atoms with Gasteiger partial charge in [0.05, 0.1) is 25.1 Å². The van der Waals surface area contributed by atoms with Crippen LogP contribution in [0.15, 0.2) is 34.8 Å². The van der Waals surface area contributed by atoms with Gasteiger partial charge < -0.3 is 19.0 Å². The van der Waals surface area contributed by atoms with E-state index in [4.69, 9.17) is 14.2 Å². The molecule has 0 aliphatic carbocycles. The van der Waals surface area contributed by atoms with E-state index in [1.54, 1.807) is 6.21 Å². The molecular weight excluding hydrogens is 376 g/mol. The molecule has 0 N–H and O–H groups in total. The minimum absolute atomic E-state index is 0.579. The summed E-state index contributed by atoms with van der Waals surface area (Å²) in [7, 11) is 1.50. The van der Waals surface area contributed by atoms with E-state index in [9.17, 15) is 0 Å². The number of oxime groups is 1. The van der Waals surface area contributed by atoms with Crippen LogP contribution in [0.2, 0.25) is 0 Å². The first-order valence-corrected chi connectivity index (χ1v) is 10.1. The summed E-state index contributed by atoms with van der Waals surface area (Å²) in [5, 5.41) is 6.19. The van der Waals surface area contributed by atoms with E-state index in [-0.39, 0.29) is 0 Å². The normalized spacial score (nSPS) is 11.3. The van der Waals surface area contributed by atoms with Crippen molar-refractivity contribution in [2.75, 3.05) is 26.9 Å². The number of unbranched alkanes of at least 4 members (excludes halogenated alkanes) is 1. The van der Waals surface area contributed by atoms with Crippen molar-refractivity contribution in [2.45, 2.75) is 33.6 Å². The Bertz CT molecular complexity index is 763. The second-order valence-corrected chi connectivity index (χ2v) is 6.95. The van der Waals surface area contributed by atoms with Crippen LogP contribution in [0.5, 0.6) is 16.7 Å². The first-order valence-electron chi connectivity index (χ1n) is 9.27. The van der Waals surface area contributed by atoms with Gasteiger partial charge in [-0.25, -0.2) is 4.98 Å². The van der Waals surface area contributed by atoms with Crippen molar-refractivity contribution in [3.8, 4) is 16.7 Å². The average Bonchev–Trinajstić information content (AvgIpc) is 3.12. The van der Waals surface area contributed by atoms with Gasteiger partial charge in [-0.05, 0) is 56.9 Å². The number of hydrogen-bond acceptors (Lipinski definition) is 7. The number of ether oxygens (including phenoxy) is 3. The number of benzene rings is 1. The van der Waals surface area contributed by atoms with E-state index in [1.807, 2.05) is 50.4 Å². The summed E-state index contributed by atoms with van der Waals surface area (Å²) < 4.78 is 17.3. The molecule has 0 atom stereocenters. The predicted molar refractivity (Wildman–Crippen MR) is 113 cm³/mol. The van der Waals surface area contributed by atoms with Crippen molar-refractivity contribution in [3.05, 3.63) is 46.5 Å². The van der Waals surface area contributed by atoms with Crippen LogP contribution in [0.3, 0.4) is 0 Å². The third-order valence-corrected chi connectivity index (χ3v) is 4.59. The zero-order valence-corrected chi connectivity index (χ0v) is 17.8. The zero-order valence-electron chi connectivity index (χ0n) is 16.9. The molecule has 0 aliphatic heterocycles. The van der Waals surface area contributed by atoms with Crippen LogP contribution in [-0.2, 0) is 4.84 Å². The maximum Gasteiger partial charge on any atom is 0.273 e. The smallest absolute Gasteiger partial charge is 0.273 e. The molecule has 0 saturated carbocycles. The van der Waals surface area contributed by atoms with Crippen LogP contribution in [0.1, 0.15) is 36.6 Å². The van der Waals surface area contributed by atoms with Gasteiger partial charge in [0.15, 0.2) is 0 Å². The lowest BCUT2D eigenvalue weighted by Crippen LogP contribution is -2.04. The Balaban J connectivity index is 1.70. The fraction of sp³-hybridized carbons (Fsp3) is 0.429. The van der Waals surface area contributed by atoms with Gasteiger partial charge in [-0.2, -0.15) is 0 Å². The highest BCUT2D eigenvalue weighted by Crippen LogP contribution is 2.28. The first-order chi connectivity index (χ1) is 13.6. The summed E-state index contributed by atoms with van der Waals surface area (Å²) >= 11 is 1.45. The van der Waals surface area contributed by atoms with Gasteiger partial charge in [0.1, 0.15) is 25.2 Å². The molecule has 152 valence electrons. The Morgan fingerprint density at radius 3 is 2.46 bits per heavy atom. The highest BCUT2D eigenvalue weighted by molar-refractivity contribution is 7.11. The number of aromatic nitrogens is 1.